The van der Waals surface area contributed by atoms with Gasteiger partial charge in [0.25, 0.3) is 0 Å². The molecule has 0 spiro atoms. The molecule has 0 aromatic heterocycles. The second-order valence-electron chi connectivity index (χ2n) is 4.01. The third-order valence-electron chi connectivity index (χ3n) is 2.83. The van der Waals surface area contributed by atoms with Crippen molar-refractivity contribution >= 4 is 27.5 Å². The van der Waals surface area contributed by atoms with Gasteiger partial charge in [0.05, 0.1) is 7.11 Å². The van der Waals surface area contributed by atoms with Gasteiger partial charge in [-0.1, -0.05) is 63.9 Å². The highest BCUT2D eigenvalue weighted by Crippen LogP contribution is 2.34. The highest BCUT2D eigenvalue weighted by atomic mass is 79.9. The Balaban J connectivity index is 2.21. The first-order valence-corrected chi connectivity index (χ1v) is 7.02. The molecule has 1 nitrogen and oxygen atoms in total. The van der Waals surface area contributed by atoms with Crippen LogP contribution in [-0.2, 0) is 6.42 Å². The van der Waals surface area contributed by atoms with E-state index in [2.05, 4.69) is 22.0 Å². The van der Waals surface area contributed by atoms with Crippen molar-refractivity contribution in [2.24, 2.45) is 0 Å². The molecule has 0 fully saturated rings. The zero-order valence-corrected chi connectivity index (χ0v) is 12.4. The van der Waals surface area contributed by atoms with Gasteiger partial charge in [0, 0.05) is 9.85 Å². The molecule has 0 aliphatic carbocycles. The summed E-state index contributed by atoms with van der Waals surface area (Å²) in [6.07, 6.45) is 0.841. The lowest BCUT2D eigenvalue weighted by molar-refractivity contribution is 0.409. The molecule has 0 amide bonds. The standard InChI is InChI=1S/C15H14BrClO/c1-18-15-9-5-2-6-11(15)10-13(16)12-7-3-4-8-14(12)17/h2-9,13H,10H2,1H3. The molecule has 0 N–H and O–H groups in total. The van der Waals surface area contributed by atoms with Gasteiger partial charge in [-0.2, -0.15) is 0 Å². The van der Waals surface area contributed by atoms with Crippen LogP contribution in [0.3, 0.4) is 0 Å². The van der Waals surface area contributed by atoms with Gasteiger partial charge in [-0.05, 0) is 29.7 Å². The van der Waals surface area contributed by atoms with E-state index in [-0.39, 0.29) is 4.83 Å². The fourth-order valence-electron chi connectivity index (χ4n) is 1.90. The first-order chi connectivity index (χ1) is 8.72. The van der Waals surface area contributed by atoms with Crippen LogP contribution in [0, 0.1) is 0 Å². The van der Waals surface area contributed by atoms with Crippen LogP contribution in [0.25, 0.3) is 0 Å². The Morgan fingerprint density at radius 2 is 1.78 bits per heavy atom. The largest absolute Gasteiger partial charge is 0.496 e. The van der Waals surface area contributed by atoms with E-state index >= 15 is 0 Å². The predicted octanol–water partition coefficient (Wildman–Crippen LogP) is 5.03. The van der Waals surface area contributed by atoms with E-state index in [1.54, 1.807) is 7.11 Å². The van der Waals surface area contributed by atoms with E-state index in [4.69, 9.17) is 16.3 Å². The quantitative estimate of drug-likeness (QED) is 0.717. The maximum atomic E-state index is 6.20. The average molecular weight is 326 g/mol. The number of benzene rings is 2. The Morgan fingerprint density at radius 3 is 2.50 bits per heavy atom. The number of methoxy groups -OCH3 is 1. The smallest absolute Gasteiger partial charge is 0.122 e. The molecule has 2 rings (SSSR count). The maximum absolute atomic E-state index is 6.20. The normalized spacial score (nSPS) is 12.2. The van der Waals surface area contributed by atoms with Crippen LogP contribution in [0.1, 0.15) is 16.0 Å². The van der Waals surface area contributed by atoms with Crippen LogP contribution < -0.4 is 4.74 Å². The summed E-state index contributed by atoms with van der Waals surface area (Å²) in [5, 5.41) is 0.786. The minimum absolute atomic E-state index is 0.183. The lowest BCUT2D eigenvalue weighted by Crippen LogP contribution is -1.98. The first-order valence-electron chi connectivity index (χ1n) is 5.72. The lowest BCUT2D eigenvalue weighted by atomic mass is 10.0. The van der Waals surface area contributed by atoms with Crippen molar-refractivity contribution in [1.29, 1.82) is 0 Å². The summed E-state index contributed by atoms with van der Waals surface area (Å²) in [6.45, 7) is 0. The van der Waals surface area contributed by atoms with Crippen molar-refractivity contribution in [2.45, 2.75) is 11.2 Å². The Kier molecular flexibility index (Phi) is 4.67. The van der Waals surface area contributed by atoms with Crippen LogP contribution in [0.4, 0.5) is 0 Å². The molecule has 0 saturated carbocycles. The van der Waals surface area contributed by atoms with Gasteiger partial charge in [0.15, 0.2) is 0 Å². The second kappa shape index (κ2) is 6.26. The van der Waals surface area contributed by atoms with Crippen molar-refractivity contribution < 1.29 is 4.74 Å². The topological polar surface area (TPSA) is 9.23 Å². The maximum Gasteiger partial charge on any atom is 0.122 e. The summed E-state index contributed by atoms with van der Waals surface area (Å²) in [5.41, 5.74) is 2.27. The molecule has 0 radical (unpaired) electrons. The highest BCUT2D eigenvalue weighted by molar-refractivity contribution is 9.09. The summed E-state index contributed by atoms with van der Waals surface area (Å²) in [4.78, 5) is 0.183. The van der Waals surface area contributed by atoms with E-state index in [1.807, 2.05) is 42.5 Å². The van der Waals surface area contributed by atoms with Gasteiger partial charge in [-0.3, -0.25) is 0 Å². The van der Waals surface area contributed by atoms with Crippen LogP contribution in [0.15, 0.2) is 48.5 Å². The SMILES string of the molecule is COc1ccccc1CC(Br)c1ccccc1Cl. The van der Waals surface area contributed by atoms with E-state index in [9.17, 15) is 0 Å². The first kappa shape index (κ1) is 13.4. The summed E-state index contributed by atoms with van der Waals surface area (Å²) < 4.78 is 5.36. The molecule has 0 aliphatic heterocycles. The molecule has 0 bridgehead atoms. The second-order valence-corrected chi connectivity index (χ2v) is 5.52. The molecule has 0 saturated heterocycles. The summed E-state index contributed by atoms with van der Waals surface area (Å²) in [6, 6.07) is 15.9. The zero-order valence-electron chi connectivity index (χ0n) is 10.1. The van der Waals surface area contributed by atoms with Gasteiger partial charge in [0.1, 0.15) is 5.75 Å². The average Bonchev–Trinajstić information content (AvgIpc) is 2.39. The molecule has 94 valence electrons. The third-order valence-corrected chi connectivity index (χ3v) is 4.00. The van der Waals surface area contributed by atoms with Crippen LogP contribution >= 0.6 is 27.5 Å². The van der Waals surface area contributed by atoms with Crippen molar-refractivity contribution in [2.75, 3.05) is 7.11 Å². The van der Waals surface area contributed by atoms with Crippen molar-refractivity contribution in [1.82, 2.24) is 0 Å². The molecule has 0 aliphatic rings. The van der Waals surface area contributed by atoms with Crippen molar-refractivity contribution in [3.63, 3.8) is 0 Å². The van der Waals surface area contributed by atoms with E-state index < -0.39 is 0 Å². The van der Waals surface area contributed by atoms with E-state index in [0.717, 1.165) is 22.8 Å². The third kappa shape index (κ3) is 3.06. The van der Waals surface area contributed by atoms with Gasteiger partial charge in [0.2, 0.25) is 0 Å². The summed E-state index contributed by atoms with van der Waals surface area (Å²) in [5.74, 6) is 0.911. The number of rotatable bonds is 4. The Labute approximate surface area is 121 Å². The Bertz CT molecular complexity index is 527. The molecule has 3 heteroatoms. The Hall–Kier alpha value is -0.990. The van der Waals surface area contributed by atoms with Gasteiger partial charge in [-0.15, -0.1) is 0 Å². The lowest BCUT2D eigenvalue weighted by Gasteiger charge is -2.14. The van der Waals surface area contributed by atoms with Gasteiger partial charge >= 0.3 is 0 Å². The monoisotopic (exact) mass is 324 g/mol. The summed E-state index contributed by atoms with van der Waals surface area (Å²) >= 11 is 9.89. The molecule has 2 aromatic rings. The number of ether oxygens (including phenoxy) is 1. The number of hydrogen-bond acceptors (Lipinski definition) is 1. The predicted molar refractivity (Wildman–Crippen MR) is 79.8 cm³/mol. The van der Waals surface area contributed by atoms with Crippen LogP contribution in [-0.4, -0.2) is 7.11 Å². The van der Waals surface area contributed by atoms with Crippen molar-refractivity contribution in [3.8, 4) is 5.75 Å². The molecule has 18 heavy (non-hydrogen) atoms. The zero-order chi connectivity index (χ0) is 13.0. The minimum atomic E-state index is 0.183. The Morgan fingerprint density at radius 1 is 1.11 bits per heavy atom. The van der Waals surface area contributed by atoms with E-state index in [1.165, 1.54) is 5.56 Å². The fourth-order valence-corrected chi connectivity index (χ4v) is 3.05. The number of halogens is 2. The molecular weight excluding hydrogens is 312 g/mol. The number of hydrogen-bond donors (Lipinski definition) is 0. The minimum Gasteiger partial charge on any atom is -0.496 e. The van der Waals surface area contributed by atoms with Crippen molar-refractivity contribution in [3.05, 3.63) is 64.7 Å². The summed E-state index contributed by atoms with van der Waals surface area (Å²) in [7, 11) is 1.69. The molecule has 2 aromatic carbocycles. The molecule has 1 atom stereocenters. The molecule has 1 unspecified atom stereocenters. The number of alkyl halides is 1. The van der Waals surface area contributed by atoms with Gasteiger partial charge in [-0.25, -0.2) is 0 Å². The van der Waals surface area contributed by atoms with E-state index in [0.29, 0.717) is 0 Å². The molecular formula is C15H14BrClO. The van der Waals surface area contributed by atoms with Gasteiger partial charge < -0.3 is 4.74 Å². The van der Waals surface area contributed by atoms with Crippen LogP contribution in [0.2, 0.25) is 5.02 Å². The number of para-hydroxylation sites is 1. The highest BCUT2D eigenvalue weighted by Gasteiger charge is 2.13. The molecule has 0 heterocycles. The fraction of sp³-hybridized carbons (Fsp3) is 0.200. The van der Waals surface area contributed by atoms with Crippen LogP contribution in [0.5, 0.6) is 5.75 Å².